The van der Waals surface area contributed by atoms with Crippen molar-refractivity contribution in [3.63, 3.8) is 0 Å². The minimum Gasteiger partial charge on any atom is -0.419 e. The van der Waals surface area contributed by atoms with Crippen LogP contribution in [0, 0.1) is 6.92 Å². The van der Waals surface area contributed by atoms with Gasteiger partial charge in [-0.1, -0.05) is 59.8 Å². The van der Waals surface area contributed by atoms with Gasteiger partial charge in [-0.05, 0) is 32.9 Å². The van der Waals surface area contributed by atoms with Crippen molar-refractivity contribution in [2.45, 2.75) is 37.7 Å². The molecule has 6 nitrogen and oxygen atoms in total. The van der Waals surface area contributed by atoms with Crippen molar-refractivity contribution in [3.8, 4) is 22.8 Å². The number of nitrogens with zero attached hydrogens (tertiary/aromatic N) is 5. The summed E-state index contributed by atoms with van der Waals surface area (Å²) >= 11 is 1.57. The second-order valence-corrected chi connectivity index (χ2v) is 7.80. The number of aryl methyl sites for hydroxylation is 1. The van der Waals surface area contributed by atoms with Crippen molar-refractivity contribution in [2.75, 3.05) is 0 Å². The lowest BCUT2D eigenvalue weighted by molar-refractivity contribution is 0.508. The van der Waals surface area contributed by atoms with Gasteiger partial charge < -0.3 is 8.98 Å². The third kappa shape index (κ3) is 3.71. The topological polar surface area (TPSA) is 69.6 Å². The predicted octanol–water partition coefficient (Wildman–Crippen LogP) is 5.18. The molecule has 0 aliphatic heterocycles. The first-order valence-electron chi connectivity index (χ1n) is 9.21. The van der Waals surface area contributed by atoms with Crippen LogP contribution in [0.2, 0.25) is 0 Å². The first kappa shape index (κ1) is 18.4. The summed E-state index contributed by atoms with van der Waals surface area (Å²) in [5, 5.41) is 18.0. The van der Waals surface area contributed by atoms with Crippen molar-refractivity contribution < 1.29 is 4.42 Å². The van der Waals surface area contributed by atoms with Crippen LogP contribution in [0.25, 0.3) is 22.8 Å². The van der Waals surface area contributed by atoms with Crippen molar-refractivity contribution >= 4 is 11.8 Å². The smallest absolute Gasteiger partial charge is 0.247 e. The average molecular weight is 392 g/mol. The van der Waals surface area contributed by atoms with E-state index in [0.717, 1.165) is 28.7 Å². The molecule has 0 N–H and O–H groups in total. The fourth-order valence-corrected chi connectivity index (χ4v) is 3.82. The lowest BCUT2D eigenvalue weighted by Gasteiger charge is -2.09. The van der Waals surface area contributed by atoms with Crippen LogP contribution in [0.3, 0.4) is 0 Å². The van der Waals surface area contributed by atoms with E-state index in [0.29, 0.717) is 11.8 Å². The highest BCUT2D eigenvalue weighted by Crippen LogP contribution is 2.35. The highest BCUT2D eigenvalue weighted by molar-refractivity contribution is 7.99. The van der Waals surface area contributed by atoms with Gasteiger partial charge in [-0.25, -0.2) is 0 Å². The van der Waals surface area contributed by atoms with Gasteiger partial charge >= 0.3 is 0 Å². The molecule has 1 atom stereocenters. The lowest BCUT2D eigenvalue weighted by Crippen LogP contribution is -2.01. The van der Waals surface area contributed by atoms with E-state index in [9.17, 15) is 0 Å². The molecule has 0 aliphatic carbocycles. The first-order valence-corrected chi connectivity index (χ1v) is 10.1. The Kier molecular flexibility index (Phi) is 5.25. The van der Waals surface area contributed by atoms with Crippen molar-refractivity contribution in [2.24, 2.45) is 0 Å². The van der Waals surface area contributed by atoms with E-state index in [2.05, 4.69) is 38.8 Å². The molecule has 142 valence electrons. The van der Waals surface area contributed by atoms with Gasteiger partial charge in [0.1, 0.15) is 0 Å². The van der Waals surface area contributed by atoms with E-state index in [1.54, 1.807) is 11.8 Å². The molecule has 4 rings (SSSR count). The van der Waals surface area contributed by atoms with E-state index in [4.69, 9.17) is 4.42 Å². The molecule has 2 aromatic carbocycles. The molecule has 2 aromatic heterocycles. The number of hydrogen-bond acceptors (Lipinski definition) is 6. The van der Waals surface area contributed by atoms with E-state index in [1.807, 2.05) is 61.5 Å². The summed E-state index contributed by atoms with van der Waals surface area (Å²) in [4.78, 5) is 0. The third-order valence-corrected chi connectivity index (χ3v) is 5.50. The van der Waals surface area contributed by atoms with Crippen molar-refractivity contribution in [1.82, 2.24) is 25.0 Å². The minimum absolute atomic E-state index is 0.0372. The van der Waals surface area contributed by atoms with Gasteiger partial charge in [-0.2, -0.15) is 0 Å². The highest BCUT2D eigenvalue weighted by atomic mass is 32.2. The second-order valence-electron chi connectivity index (χ2n) is 6.49. The maximum absolute atomic E-state index is 5.91. The molecule has 0 spiro atoms. The summed E-state index contributed by atoms with van der Waals surface area (Å²) in [5.74, 6) is 1.97. The number of benzene rings is 2. The van der Waals surface area contributed by atoms with Crippen LogP contribution >= 0.6 is 11.8 Å². The molecule has 0 amide bonds. The molecular weight excluding hydrogens is 370 g/mol. The summed E-state index contributed by atoms with van der Waals surface area (Å²) in [6, 6.07) is 18.1. The molecule has 0 saturated carbocycles. The van der Waals surface area contributed by atoms with Crippen molar-refractivity contribution in [1.29, 1.82) is 0 Å². The van der Waals surface area contributed by atoms with Gasteiger partial charge in [0, 0.05) is 17.7 Å². The van der Waals surface area contributed by atoms with E-state index >= 15 is 0 Å². The zero-order valence-corrected chi connectivity index (χ0v) is 16.8. The highest BCUT2D eigenvalue weighted by Gasteiger charge is 2.21. The van der Waals surface area contributed by atoms with Gasteiger partial charge in [0.2, 0.25) is 11.8 Å². The SMILES string of the molecule is CCn1c(SC(C)c2nnc(-c3ccc(C)cc3)o2)nnc1-c1ccccc1. The Hall–Kier alpha value is -2.93. The number of thioether (sulfide) groups is 1. The monoisotopic (exact) mass is 391 g/mol. The molecule has 1 unspecified atom stereocenters. The van der Waals surface area contributed by atoms with Crippen LogP contribution in [-0.4, -0.2) is 25.0 Å². The Morgan fingerprint density at radius 1 is 0.929 bits per heavy atom. The van der Waals surface area contributed by atoms with Crippen LogP contribution in [0.1, 0.15) is 30.6 Å². The Labute approximate surface area is 168 Å². The van der Waals surface area contributed by atoms with E-state index in [-0.39, 0.29) is 5.25 Å². The fourth-order valence-electron chi connectivity index (χ4n) is 2.88. The average Bonchev–Trinajstić information content (AvgIpc) is 3.36. The van der Waals surface area contributed by atoms with E-state index < -0.39 is 0 Å². The largest absolute Gasteiger partial charge is 0.419 e. The first-order chi connectivity index (χ1) is 13.7. The van der Waals surface area contributed by atoms with E-state index in [1.165, 1.54) is 5.56 Å². The van der Waals surface area contributed by atoms with Gasteiger partial charge in [-0.3, -0.25) is 0 Å². The summed E-state index contributed by atoms with van der Waals surface area (Å²) < 4.78 is 8.01. The van der Waals surface area contributed by atoms with Gasteiger partial charge in [0.05, 0.1) is 5.25 Å². The van der Waals surface area contributed by atoms with Crippen LogP contribution in [-0.2, 0) is 6.54 Å². The van der Waals surface area contributed by atoms with Crippen LogP contribution < -0.4 is 0 Å². The summed E-state index contributed by atoms with van der Waals surface area (Å²) in [6.45, 7) is 6.96. The standard InChI is InChI=1S/C21H21N5OS/c1-4-26-18(16-8-6-5-7-9-16)22-25-21(26)28-15(3)19-23-24-20(27-19)17-12-10-14(2)11-13-17/h5-13,15H,4H2,1-3H3. The summed E-state index contributed by atoms with van der Waals surface area (Å²) in [5.41, 5.74) is 3.17. The second kappa shape index (κ2) is 7.98. The zero-order chi connectivity index (χ0) is 19.5. The maximum atomic E-state index is 5.91. The number of rotatable bonds is 6. The molecule has 7 heteroatoms. The number of hydrogen-bond donors (Lipinski definition) is 0. The quantitative estimate of drug-likeness (QED) is 0.422. The lowest BCUT2D eigenvalue weighted by atomic mass is 10.1. The number of aromatic nitrogens is 5. The Morgan fingerprint density at radius 3 is 2.39 bits per heavy atom. The third-order valence-electron chi connectivity index (χ3n) is 4.43. The van der Waals surface area contributed by atoms with Crippen LogP contribution in [0.5, 0.6) is 0 Å². The molecule has 0 fully saturated rings. The predicted molar refractivity (Wildman–Crippen MR) is 110 cm³/mol. The Bertz CT molecular complexity index is 1060. The van der Waals surface area contributed by atoms with Gasteiger partial charge in [0.25, 0.3) is 0 Å². The molecule has 4 aromatic rings. The molecule has 0 radical (unpaired) electrons. The fraction of sp³-hybridized carbons (Fsp3) is 0.238. The minimum atomic E-state index is -0.0372. The Balaban J connectivity index is 1.55. The van der Waals surface area contributed by atoms with Crippen molar-refractivity contribution in [3.05, 3.63) is 66.1 Å². The van der Waals surface area contributed by atoms with Gasteiger partial charge in [0.15, 0.2) is 11.0 Å². The molecule has 2 heterocycles. The normalized spacial score (nSPS) is 12.2. The molecule has 0 bridgehead atoms. The van der Waals surface area contributed by atoms with Gasteiger partial charge in [-0.15, -0.1) is 20.4 Å². The summed E-state index contributed by atoms with van der Waals surface area (Å²) in [6.07, 6.45) is 0. The summed E-state index contributed by atoms with van der Waals surface area (Å²) in [7, 11) is 0. The molecule has 0 saturated heterocycles. The van der Waals surface area contributed by atoms with Crippen LogP contribution in [0.4, 0.5) is 0 Å². The molecule has 28 heavy (non-hydrogen) atoms. The van der Waals surface area contributed by atoms with Crippen LogP contribution in [0.15, 0.2) is 64.2 Å². The Morgan fingerprint density at radius 2 is 1.68 bits per heavy atom. The molecule has 0 aliphatic rings. The maximum Gasteiger partial charge on any atom is 0.247 e. The molecular formula is C21H21N5OS. The zero-order valence-electron chi connectivity index (χ0n) is 16.0.